The van der Waals surface area contributed by atoms with Gasteiger partial charge < -0.3 is 78.3 Å². The summed E-state index contributed by atoms with van der Waals surface area (Å²) < 4.78 is 0.884. The van der Waals surface area contributed by atoms with E-state index < -0.39 is 13.3 Å². The number of aromatic nitrogens is 2. The number of hydrogen-bond donors (Lipinski definition) is 0. The van der Waals surface area contributed by atoms with Crippen LogP contribution in [-0.4, -0.2) is 104 Å². The van der Waals surface area contributed by atoms with Gasteiger partial charge in [0.1, 0.15) is 4.60 Å². The molecule has 2 aromatic heterocycles. The number of nitrogens with zero attached hydrogens (tertiary/aromatic N) is 2. The molecule has 0 N–H and O–H groups in total. The normalized spacial score (nSPS) is 14.8. The summed E-state index contributed by atoms with van der Waals surface area (Å²) in [4.78, 5) is 7.56. The van der Waals surface area contributed by atoms with E-state index in [0.29, 0.717) is 27.2 Å². The maximum Gasteiger partial charge on any atom is 2.00 e. The predicted molar refractivity (Wildman–Crippen MR) is 281 cm³/mol. The van der Waals surface area contributed by atoms with Gasteiger partial charge in [-0.25, -0.2) is 4.98 Å². The number of pyridine rings is 2. The van der Waals surface area contributed by atoms with Gasteiger partial charge in [-0.1, -0.05) is 129 Å². The summed E-state index contributed by atoms with van der Waals surface area (Å²) in [5, 5.41) is 0. The average molecular weight is 1240 g/mol. The van der Waals surface area contributed by atoms with Crippen LogP contribution in [0.3, 0.4) is 0 Å². The molecule has 0 spiro atoms. The van der Waals surface area contributed by atoms with Crippen LogP contribution in [0.2, 0.25) is 0 Å². The van der Waals surface area contributed by atoms with Crippen LogP contribution in [0.5, 0.6) is 0 Å². The smallest absolute Gasteiger partial charge is 1.00 e. The fraction of sp³-hybridized carbons (Fsp3) is 0.651. The van der Waals surface area contributed by atoms with Crippen molar-refractivity contribution in [3.05, 3.63) is 95.7 Å². The summed E-state index contributed by atoms with van der Waals surface area (Å²) >= 11 is 26.1. The van der Waals surface area contributed by atoms with Crippen LogP contribution < -0.4 is 56.1 Å². The van der Waals surface area contributed by atoms with Gasteiger partial charge in [-0.3, -0.25) is 0 Å². The van der Waals surface area contributed by atoms with Gasteiger partial charge in [0.15, 0.2) is 0 Å². The first-order valence-electron chi connectivity index (χ1n) is 18.6. The molecule has 4 saturated carbocycles. The number of hydrogen-bond acceptors (Lipinski definition) is 2. The Morgan fingerprint density at radius 3 is 1.08 bits per heavy atom. The van der Waals surface area contributed by atoms with Crippen LogP contribution in [0.25, 0.3) is 0 Å². The van der Waals surface area contributed by atoms with E-state index in [2.05, 4.69) is 65.9 Å². The predicted octanol–water partition coefficient (Wildman–Crippen LogP) is 6.56. The van der Waals surface area contributed by atoms with Gasteiger partial charge in [0.2, 0.25) is 0 Å². The van der Waals surface area contributed by atoms with Crippen molar-refractivity contribution < 1.29 is 90.2 Å². The van der Waals surface area contributed by atoms with Gasteiger partial charge in [0.25, 0.3) is 0 Å². The molecule has 0 saturated heterocycles. The number of halogens is 8. The van der Waals surface area contributed by atoms with E-state index in [1.807, 2.05) is 50.6 Å². The maximum absolute atomic E-state index is 5.71. The summed E-state index contributed by atoms with van der Waals surface area (Å²) in [6.07, 6.45) is 30.6. The zero-order valence-electron chi connectivity index (χ0n) is 40.2. The fourth-order valence-corrected chi connectivity index (χ4v) is 13.5. The largest absolute Gasteiger partial charge is 2.00 e. The Labute approximate surface area is 504 Å². The van der Waals surface area contributed by atoms with Crippen molar-refractivity contribution in [1.82, 2.24) is 9.97 Å². The minimum atomic E-state index is -0.657. The Balaban J connectivity index is -0.0000000403. The molecule has 1 unspecified atom stereocenters. The van der Waals surface area contributed by atoms with Crippen LogP contribution in [0.1, 0.15) is 130 Å². The Morgan fingerprint density at radius 2 is 0.935 bits per heavy atom. The minimum Gasteiger partial charge on any atom is -1.00 e. The molecule has 0 radical (unpaired) electrons. The van der Waals surface area contributed by atoms with Gasteiger partial charge in [-0.2, -0.15) is 32.0 Å². The van der Waals surface area contributed by atoms with Crippen LogP contribution in [0, 0.1) is 42.3 Å². The Hall–Kier alpha value is 5.70. The SMILES string of the molecule is Brc1ccccn1.CC(C)P(C)C1CCCC1.CP(C)C1CCCC1.C[CH-]C.ClP(Cl)C1CCCC1.ClP(Cl)C1CCCC1.[CH3-].[CH3-].[CH3-].[CH3-].[Cl-].[Cl-].[Cl-].[Fe+2].[Fe+2].[Li+].[Mg+2].[Mg+2].[c-]1ccccn1. The van der Waals surface area contributed by atoms with Crippen LogP contribution in [-0.2, 0) is 34.1 Å². The molecule has 2 heterocycles. The molecular weight excluding hydrogens is 1160 g/mol. The second-order valence-electron chi connectivity index (χ2n) is 13.7. The van der Waals surface area contributed by atoms with E-state index in [9.17, 15) is 0 Å². The standard InChI is InChI=1S/C9H19P.C7H15P.C5H4BrN.2C5H9Cl2P.C5H4N.C3H7.4CH3.3ClH.2Fe.Li.2Mg/c1-8(2)10(3)9-6-4-5-7-9;1-8(2)7-5-3-4-6-7;6-5-3-1-2-4-7-5;2*6-8(7)5-3-1-2-4-5;1-2-4-6-5-3-1;1-3-2;;;;;;;;;;;;/h8-9H,4-7H2,1-3H3;7H,3-6H2,1-2H3;1-4H;2*5H,1-4H2;1-4H;3H,1-2H3;4*1H3;3*1H;;;;;/q;;;;;6*-1;;;;2*+2;+1;2*+2/p-3. The summed E-state index contributed by atoms with van der Waals surface area (Å²) in [6, 6.07) is 11.2. The Bertz CT molecular complexity index is 929. The van der Waals surface area contributed by atoms with Crippen molar-refractivity contribution in [2.24, 2.45) is 0 Å². The second-order valence-corrected chi connectivity index (χ2v) is 28.2. The van der Waals surface area contributed by atoms with Crippen LogP contribution >= 0.6 is 90.0 Å². The quantitative estimate of drug-likeness (QED) is 0.147. The zero-order chi connectivity index (χ0) is 37.6. The molecule has 19 heteroatoms. The molecule has 4 fully saturated rings. The molecule has 6 rings (SSSR count). The molecule has 4 aliphatic rings. The third-order valence-electron chi connectivity index (χ3n) is 9.12. The fourth-order valence-electron chi connectivity index (χ4n) is 5.97. The molecule has 2 nitrogen and oxygen atoms in total. The summed E-state index contributed by atoms with van der Waals surface area (Å²) in [5.74, 6) is 0. The van der Waals surface area contributed by atoms with E-state index in [-0.39, 0.29) is 166 Å². The van der Waals surface area contributed by atoms with E-state index >= 15 is 0 Å². The van der Waals surface area contributed by atoms with Crippen molar-refractivity contribution in [3.63, 3.8) is 0 Å². The molecule has 0 bridgehead atoms. The molecule has 4 aliphatic carbocycles. The molecule has 1 atom stereocenters. The van der Waals surface area contributed by atoms with Gasteiger partial charge in [0, 0.05) is 17.5 Å². The molecule has 0 aliphatic heterocycles. The molecule has 2 aromatic rings. The van der Waals surface area contributed by atoms with Crippen molar-refractivity contribution in [2.75, 3.05) is 20.0 Å². The molecular formula is C43H79BrCl7Fe2LiMg2N2P4. The topological polar surface area (TPSA) is 25.8 Å². The van der Waals surface area contributed by atoms with Crippen LogP contribution in [0.4, 0.5) is 0 Å². The molecule has 0 amide bonds. The first kappa shape index (κ1) is 101. The van der Waals surface area contributed by atoms with Gasteiger partial charge in [-0.05, 0) is 116 Å². The molecule has 62 heavy (non-hydrogen) atoms. The summed E-state index contributed by atoms with van der Waals surface area (Å²) in [7, 11) is 0.758. The van der Waals surface area contributed by atoms with Gasteiger partial charge >= 0.3 is 99.1 Å². The monoisotopic (exact) mass is 1240 g/mol. The molecule has 0 aromatic carbocycles. The van der Waals surface area contributed by atoms with E-state index in [1.54, 1.807) is 18.5 Å². The maximum atomic E-state index is 5.71. The third-order valence-corrected chi connectivity index (χ3v) is 20.3. The van der Waals surface area contributed by atoms with E-state index in [4.69, 9.17) is 45.0 Å². The Kier molecular flexibility index (Phi) is 115. The van der Waals surface area contributed by atoms with E-state index in [0.717, 1.165) is 21.6 Å². The third kappa shape index (κ3) is 60.0. The number of rotatable bonds is 5. The van der Waals surface area contributed by atoms with Crippen molar-refractivity contribution in [1.29, 1.82) is 0 Å². The van der Waals surface area contributed by atoms with E-state index in [1.165, 1.54) is 103 Å². The average Bonchev–Trinajstić information content (AvgIpc) is 3.96. The summed E-state index contributed by atoms with van der Waals surface area (Å²) in [5.41, 5.74) is 4.53. The van der Waals surface area contributed by atoms with Crippen molar-refractivity contribution >= 4 is 136 Å². The minimum absolute atomic E-state index is 0. The van der Waals surface area contributed by atoms with Crippen molar-refractivity contribution in [2.45, 2.75) is 159 Å². The van der Waals surface area contributed by atoms with Gasteiger partial charge in [-0.15, -0.1) is 15.8 Å². The Morgan fingerprint density at radius 1 is 0.613 bits per heavy atom. The summed E-state index contributed by atoms with van der Waals surface area (Å²) in [6.45, 7) is 14.7. The van der Waals surface area contributed by atoms with Crippen LogP contribution in [0.15, 0.2) is 53.4 Å². The molecule has 358 valence electrons. The second kappa shape index (κ2) is 71.0. The van der Waals surface area contributed by atoms with Crippen molar-refractivity contribution in [3.8, 4) is 0 Å². The first-order valence-corrected chi connectivity index (χ1v) is 30.1. The van der Waals surface area contributed by atoms with Gasteiger partial charge in [0.05, 0.1) is 13.3 Å². The first-order chi connectivity index (χ1) is 23.9. The zero-order valence-corrected chi connectivity index (χ0v) is 55.7.